The van der Waals surface area contributed by atoms with E-state index in [9.17, 15) is 19.7 Å². The highest BCUT2D eigenvalue weighted by Gasteiger charge is 2.38. The maximum Gasteiger partial charge on any atom is 0.313 e. The van der Waals surface area contributed by atoms with Gasteiger partial charge in [0.2, 0.25) is 23.8 Å². The van der Waals surface area contributed by atoms with E-state index in [-0.39, 0.29) is 17.2 Å². The first-order valence-electron chi connectivity index (χ1n) is 7.89. The normalized spacial score (nSPS) is 15.6. The lowest BCUT2D eigenvalue weighted by Crippen LogP contribution is -2.26. The second-order valence-electron chi connectivity index (χ2n) is 5.67. The fourth-order valence-electron chi connectivity index (χ4n) is 2.55. The van der Waals surface area contributed by atoms with E-state index >= 15 is 0 Å². The van der Waals surface area contributed by atoms with Crippen LogP contribution in [0.15, 0.2) is 46.2 Å². The summed E-state index contributed by atoms with van der Waals surface area (Å²) in [6.07, 6.45) is 1.90. The number of rotatable bonds is 4. The van der Waals surface area contributed by atoms with Gasteiger partial charge in [-0.1, -0.05) is 15.9 Å². The summed E-state index contributed by atoms with van der Waals surface area (Å²) < 4.78 is 11.2. The molecule has 0 saturated heterocycles. The largest absolute Gasteiger partial charge is 0.446 e. The van der Waals surface area contributed by atoms with Crippen LogP contribution >= 0.6 is 15.9 Å². The zero-order valence-corrected chi connectivity index (χ0v) is 16.2. The van der Waals surface area contributed by atoms with Crippen molar-refractivity contribution in [1.29, 1.82) is 0 Å². The molecule has 0 bridgehead atoms. The molecule has 10 nitrogen and oxygen atoms in total. The molecular formula is C17H13BrN4O6. The van der Waals surface area contributed by atoms with Crippen LogP contribution in [-0.2, 0) is 14.3 Å². The van der Waals surface area contributed by atoms with E-state index in [0.717, 1.165) is 11.9 Å². The Morgan fingerprint density at radius 1 is 1.29 bits per heavy atom. The van der Waals surface area contributed by atoms with E-state index in [1.54, 1.807) is 12.1 Å². The van der Waals surface area contributed by atoms with Gasteiger partial charge < -0.3 is 9.47 Å². The predicted molar refractivity (Wildman–Crippen MR) is 99.2 cm³/mol. The van der Waals surface area contributed by atoms with Gasteiger partial charge in [0, 0.05) is 42.3 Å². The quantitative estimate of drug-likeness (QED) is 0.304. The Bertz CT molecular complexity index is 995. The van der Waals surface area contributed by atoms with Gasteiger partial charge in [0.1, 0.15) is 0 Å². The zero-order valence-electron chi connectivity index (χ0n) is 14.7. The van der Waals surface area contributed by atoms with Crippen LogP contribution in [0.3, 0.4) is 0 Å². The summed E-state index contributed by atoms with van der Waals surface area (Å²) in [5.74, 6) is -1.41. The molecule has 0 unspecified atom stereocenters. The Morgan fingerprint density at radius 3 is 2.54 bits per heavy atom. The number of ether oxygens (including phenoxy) is 2. The Balaban J connectivity index is 2.13. The number of hydrogen-bond donors (Lipinski definition) is 0. The lowest BCUT2D eigenvalue weighted by molar-refractivity contribution is -0.385. The fourth-order valence-corrected chi connectivity index (χ4v) is 3.02. The molecule has 1 aliphatic heterocycles. The van der Waals surface area contributed by atoms with Gasteiger partial charge in [0.15, 0.2) is 0 Å². The lowest BCUT2D eigenvalue weighted by atomic mass is 10.1. The van der Waals surface area contributed by atoms with Crippen molar-refractivity contribution in [2.75, 3.05) is 0 Å². The summed E-state index contributed by atoms with van der Waals surface area (Å²) in [4.78, 5) is 38.3. The SMILES string of the molecule is CC(=O)Oc1c([C@@H]2OC(c3ccncc3)=NN2C(C)=O)cc(Br)cc1[N+](=O)[O-]. The van der Waals surface area contributed by atoms with Crippen LogP contribution < -0.4 is 4.74 Å². The highest BCUT2D eigenvalue weighted by molar-refractivity contribution is 9.10. The molecule has 0 spiro atoms. The highest BCUT2D eigenvalue weighted by atomic mass is 79.9. The average molecular weight is 449 g/mol. The van der Waals surface area contributed by atoms with Crippen LogP contribution in [-0.4, -0.2) is 32.7 Å². The van der Waals surface area contributed by atoms with Crippen molar-refractivity contribution in [2.24, 2.45) is 5.10 Å². The predicted octanol–water partition coefficient (Wildman–Crippen LogP) is 2.92. The molecule has 1 atom stereocenters. The Morgan fingerprint density at radius 2 is 1.96 bits per heavy atom. The maximum absolute atomic E-state index is 12.1. The van der Waals surface area contributed by atoms with Crippen molar-refractivity contribution in [3.8, 4) is 5.75 Å². The average Bonchev–Trinajstić information content (AvgIpc) is 3.08. The van der Waals surface area contributed by atoms with Gasteiger partial charge in [-0.2, -0.15) is 5.01 Å². The molecule has 28 heavy (non-hydrogen) atoms. The number of esters is 1. The number of halogens is 1. The maximum atomic E-state index is 12.1. The van der Waals surface area contributed by atoms with Crippen LogP contribution in [0.4, 0.5) is 5.69 Å². The van der Waals surface area contributed by atoms with Gasteiger partial charge in [-0.25, -0.2) is 0 Å². The van der Waals surface area contributed by atoms with Gasteiger partial charge >= 0.3 is 11.7 Å². The molecule has 1 aromatic heterocycles. The molecule has 11 heteroatoms. The first kappa shape index (κ1) is 19.4. The Kier molecular flexibility index (Phi) is 5.36. The van der Waals surface area contributed by atoms with Crippen molar-refractivity contribution in [3.63, 3.8) is 0 Å². The van der Waals surface area contributed by atoms with Crippen molar-refractivity contribution >= 4 is 39.4 Å². The molecule has 1 aliphatic rings. The highest BCUT2D eigenvalue weighted by Crippen LogP contribution is 2.42. The standard InChI is InChI=1S/C17H13BrN4O6/c1-9(23)21-17(28-16(20-21)11-3-5-19-6-4-11)13-7-12(18)8-14(22(25)26)15(13)27-10(2)24/h3-8,17H,1-2H3/t17-/m0/s1. The van der Waals surface area contributed by atoms with Gasteiger partial charge in [-0.15, -0.1) is 5.10 Å². The van der Waals surface area contributed by atoms with Crippen molar-refractivity contribution in [1.82, 2.24) is 9.99 Å². The molecule has 0 fully saturated rings. The molecule has 0 saturated carbocycles. The number of nitro groups is 1. The monoisotopic (exact) mass is 448 g/mol. The second kappa shape index (κ2) is 7.72. The summed E-state index contributed by atoms with van der Waals surface area (Å²) in [5, 5.41) is 16.6. The minimum atomic E-state index is -1.16. The van der Waals surface area contributed by atoms with Gasteiger partial charge in [-0.3, -0.25) is 24.7 Å². The Labute approximate surface area is 167 Å². The molecule has 1 aromatic carbocycles. The third kappa shape index (κ3) is 3.83. The summed E-state index contributed by atoms with van der Waals surface area (Å²) >= 11 is 3.20. The van der Waals surface area contributed by atoms with Crippen LogP contribution in [0.2, 0.25) is 0 Å². The molecule has 0 aliphatic carbocycles. The molecule has 3 rings (SSSR count). The first-order chi connectivity index (χ1) is 13.3. The summed E-state index contributed by atoms with van der Waals surface area (Å²) in [7, 11) is 0. The number of pyridine rings is 1. The van der Waals surface area contributed by atoms with Crippen molar-refractivity contribution in [2.45, 2.75) is 20.1 Å². The number of carbonyl (C=O) groups excluding carboxylic acids is 2. The van der Waals surface area contributed by atoms with E-state index in [4.69, 9.17) is 9.47 Å². The number of benzene rings is 1. The molecule has 0 radical (unpaired) electrons. The number of amides is 1. The molecule has 1 amide bonds. The van der Waals surface area contributed by atoms with Crippen LogP contribution in [0, 0.1) is 10.1 Å². The third-order valence-electron chi connectivity index (χ3n) is 3.67. The minimum Gasteiger partial charge on any atom is -0.446 e. The number of nitrogens with zero attached hydrogens (tertiary/aromatic N) is 4. The van der Waals surface area contributed by atoms with Crippen LogP contribution in [0.25, 0.3) is 0 Å². The molecular weight excluding hydrogens is 436 g/mol. The van der Waals surface area contributed by atoms with Gasteiger partial charge in [0.05, 0.1) is 10.5 Å². The number of nitro benzene ring substituents is 1. The summed E-state index contributed by atoms with van der Waals surface area (Å²) in [5.41, 5.74) is 0.200. The van der Waals surface area contributed by atoms with Crippen molar-refractivity contribution < 1.29 is 24.0 Å². The van der Waals surface area contributed by atoms with Crippen molar-refractivity contribution in [3.05, 3.63) is 62.4 Å². The smallest absolute Gasteiger partial charge is 0.313 e. The number of hydrazone groups is 1. The fraction of sp³-hybridized carbons (Fsp3) is 0.176. The number of aromatic nitrogens is 1. The summed E-state index contributed by atoms with van der Waals surface area (Å²) in [6.45, 7) is 2.39. The van der Waals surface area contributed by atoms with Gasteiger partial charge in [-0.05, 0) is 18.2 Å². The van der Waals surface area contributed by atoms with E-state index in [1.165, 1.54) is 31.5 Å². The topological polar surface area (TPSA) is 124 Å². The third-order valence-corrected chi connectivity index (χ3v) is 4.12. The molecule has 2 aromatic rings. The van der Waals surface area contributed by atoms with E-state index in [0.29, 0.717) is 10.0 Å². The van der Waals surface area contributed by atoms with E-state index in [1.807, 2.05) is 0 Å². The van der Waals surface area contributed by atoms with E-state index in [2.05, 4.69) is 26.0 Å². The van der Waals surface area contributed by atoms with Crippen LogP contribution in [0.1, 0.15) is 31.2 Å². The first-order valence-corrected chi connectivity index (χ1v) is 8.69. The zero-order chi connectivity index (χ0) is 20.4. The Hall–Kier alpha value is -3.34. The second-order valence-corrected chi connectivity index (χ2v) is 6.58. The summed E-state index contributed by atoms with van der Waals surface area (Å²) in [6, 6.07) is 5.93. The van der Waals surface area contributed by atoms with Crippen LogP contribution in [0.5, 0.6) is 5.75 Å². The van der Waals surface area contributed by atoms with E-state index < -0.39 is 28.7 Å². The van der Waals surface area contributed by atoms with Gasteiger partial charge in [0.25, 0.3) is 0 Å². The molecule has 0 N–H and O–H groups in total. The lowest BCUT2D eigenvalue weighted by Gasteiger charge is -2.21. The number of hydrogen-bond acceptors (Lipinski definition) is 8. The molecule has 2 heterocycles. The molecule has 144 valence electrons. The number of carbonyl (C=O) groups is 2. The minimum absolute atomic E-state index is 0.0966.